The van der Waals surface area contributed by atoms with Crippen molar-refractivity contribution in [3.63, 3.8) is 0 Å². The second-order valence-corrected chi connectivity index (χ2v) is 8.45. The Bertz CT molecular complexity index is 1190. The normalized spacial score (nSPS) is 15.1. The van der Waals surface area contributed by atoms with Crippen molar-refractivity contribution in [3.8, 4) is 22.6 Å². The molecular weight excluding hydrogens is 433 g/mol. The highest BCUT2D eigenvalue weighted by molar-refractivity contribution is 7.15. The van der Waals surface area contributed by atoms with Crippen molar-refractivity contribution >= 4 is 28.9 Å². The number of carbonyl (C=O) groups excluding carboxylic acids is 1. The summed E-state index contributed by atoms with van der Waals surface area (Å²) in [5.74, 6) is -1.21. The number of ether oxygens (including phenoxy) is 2. The fourth-order valence-corrected chi connectivity index (χ4v) is 5.17. The number of thiophene rings is 1. The van der Waals surface area contributed by atoms with Gasteiger partial charge in [-0.2, -0.15) is 0 Å². The SMILES string of the molecule is CCCOc1c(OC)cccc1[C@@H]1CC(=O)Nc2c1sc(C(=O)O)c2-c1cccc(F)c1. The first kappa shape index (κ1) is 21.8. The molecule has 0 fully saturated rings. The van der Waals surface area contributed by atoms with Crippen LogP contribution in [-0.2, 0) is 4.79 Å². The first-order chi connectivity index (χ1) is 15.4. The lowest BCUT2D eigenvalue weighted by atomic mass is 9.88. The number of amides is 1. The quantitative estimate of drug-likeness (QED) is 0.490. The Balaban J connectivity index is 1.93. The van der Waals surface area contributed by atoms with Gasteiger partial charge in [-0.05, 0) is 30.2 Å². The molecule has 2 aromatic carbocycles. The molecule has 166 valence electrons. The first-order valence-corrected chi connectivity index (χ1v) is 11.0. The van der Waals surface area contributed by atoms with E-state index in [2.05, 4.69) is 5.32 Å². The van der Waals surface area contributed by atoms with E-state index in [1.165, 1.54) is 18.2 Å². The average Bonchev–Trinajstić information content (AvgIpc) is 3.16. The van der Waals surface area contributed by atoms with Crippen LogP contribution in [-0.4, -0.2) is 30.7 Å². The summed E-state index contributed by atoms with van der Waals surface area (Å²) in [6.45, 7) is 2.46. The molecule has 1 aromatic heterocycles. The van der Waals surface area contributed by atoms with Crippen LogP contribution in [0, 0.1) is 5.82 Å². The van der Waals surface area contributed by atoms with Gasteiger partial charge in [0.2, 0.25) is 5.91 Å². The molecule has 2 heterocycles. The van der Waals surface area contributed by atoms with Crippen LogP contribution in [0.4, 0.5) is 10.1 Å². The summed E-state index contributed by atoms with van der Waals surface area (Å²) in [6, 6.07) is 11.2. The first-order valence-electron chi connectivity index (χ1n) is 10.2. The van der Waals surface area contributed by atoms with Crippen LogP contribution in [0.15, 0.2) is 42.5 Å². The number of anilines is 1. The van der Waals surface area contributed by atoms with Crippen LogP contribution in [0.2, 0.25) is 0 Å². The van der Waals surface area contributed by atoms with Gasteiger partial charge in [-0.1, -0.05) is 31.2 Å². The largest absolute Gasteiger partial charge is 0.493 e. The minimum Gasteiger partial charge on any atom is -0.493 e. The topological polar surface area (TPSA) is 84.9 Å². The molecule has 0 radical (unpaired) electrons. The number of fused-ring (bicyclic) bond motifs is 1. The summed E-state index contributed by atoms with van der Waals surface area (Å²) in [5, 5.41) is 12.7. The molecule has 1 amide bonds. The molecule has 1 aliphatic rings. The Kier molecular flexibility index (Phi) is 6.14. The van der Waals surface area contributed by atoms with Crippen LogP contribution in [0.5, 0.6) is 11.5 Å². The van der Waals surface area contributed by atoms with Gasteiger partial charge in [0.15, 0.2) is 11.5 Å². The number of para-hydroxylation sites is 1. The molecular formula is C24H22FNO5S. The lowest BCUT2D eigenvalue weighted by molar-refractivity contribution is -0.116. The minimum atomic E-state index is -1.13. The Hall–Kier alpha value is -3.39. The summed E-state index contributed by atoms with van der Waals surface area (Å²) in [5.41, 5.74) is 1.87. The van der Waals surface area contributed by atoms with Crippen molar-refractivity contribution in [1.82, 2.24) is 0 Å². The third-order valence-electron chi connectivity index (χ3n) is 5.27. The van der Waals surface area contributed by atoms with Gasteiger partial charge in [-0.25, -0.2) is 9.18 Å². The Morgan fingerprint density at radius 1 is 1.28 bits per heavy atom. The lowest BCUT2D eigenvalue weighted by Crippen LogP contribution is -2.23. The molecule has 6 nitrogen and oxygen atoms in total. The predicted octanol–water partition coefficient (Wildman–Crippen LogP) is 5.52. The fourth-order valence-electron chi connectivity index (χ4n) is 3.93. The lowest BCUT2D eigenvalue weighted by Gasteiger charge is -2.26. The Morgan fingerprint density at radius 3 is 2.75 bits per heavy atom. The van der Waals surface area contributed by atoms with Gasteiger partial charge in [0.1, 0.15) is 10.7 Å². The van der Waals surface area contributed by atoms with Gasteiger partial charge in [-0.15, -0.1) is 11.3 Å². The zero-order valence-corrected chi connectivity index (χ0v) is 18.4. The van der Waals surface area contributed by atoms with Crippen LogP contribution in [0.3, 0.4) is 0 Å². The van der Waals surface area contributed by atoms with Crippen LogP contribution < -0.4 is 14.8 Å². The summed E-state index contributed by atoms with van der Waals surface area (Å²) in [4.78, 5) is 25.5. The summed E-state index contributed by atoms with van der Waals surface area (Å²) in [7, 11) is 1.55. The Labute approximate surface area is 188 Å². The second-order valence-electron chi connectivity index (χ2n) is 7.39. The molecule has 0 saturated heterocycles. The third kappa shape index (κ3) is 3.93. The highest BCUT2D eigenvalue weighted by Gasteiger charge is 2.36. The summed E-state index contributed by atoms with van der Waals surface area (Å²) in [6.07, 6.45) is 0.921. The highest BCUT2D eigenvalue weighted by atomic mass is 32.1. The van der Waals surface area contributed by atoms with Crippen molar-refractivity contribution < 1.29 is 28.6 Å². The van der Waals surface area contributed by atoms with E-state index in [0.717, 1.165) is 23.3 Å². The molecule has 0 bridgehead atoms. The van der Waals surface area contributed by atoms with Crippen molar-refractivity contribution in [1.29, 1.82) is 0 Å². The predicted molar refractivity (Wildman–Crippen MR) is 121 cm³/mol. The van der Waals surface area contributed by atoms with Crippen molar-refractivity contribution in [2.24, 2.45) is 0 Å². The number of carboxylic acid groups (broad SMARTS) is 1. The van der Waals surface area contributed by atoms with Gasteiger partial charge in [0.05, 0.1) is 19.4 Å². The third-order valence-corrected chi connectivity index (χ3v) is 6.56. The van der Waals surface area contributed by atoms with Crippen LogP contribution >= 0.6 is 11.3 Å². The number of hydrogen-bond acceptors (Lipinski definition) is 5. The van der Waals surface area contributed by atoms with Gasteiger partial charge in [-0.3, -0.25) is 4.79 Å². The zero-order valence-electron chi connectivity index (χ0n) is 17.6. The molecule has 3 aromatic rings. The van der Waals surface area contributed by atoms with Crippen LogP contribution in [0.25, 0.3) is 11.1 Å². The number of methoxy groups -OCH3 is 1. The van der Waals surface area contributed by atoms with Crippen molar-refractivity contribution in [3.05, 3.63) is 63.6 Å². The molecule has 2 N–H and O–H groups in total. The molecule has 8 heteroatoms. The van der Waals surface area contributed by atoms with E-state index in [1.54, 1.807) is 19.2 Å². The van der Waals surface area contributed by atoms with Gasteiger partial charge < -0.3 is 19.9 Å². The minimum absolute atomic E-state index is 0.0479. The molecule has 1 atom stereocenters. The molecule has 0 spiro atoms. The monoisotopic (exact) mass is 455 g/mol. The van der Waals surface area contributed by atoms with E-state index < -0.39 is 17.7 Å². The summed E-state index contributed by atoms with van der Waals surface area (Å²) >= 11 is 1.09. The van der Waals surface area contributed by atoms with Gasteiger partial charge in [0.25, 0.3) is 0 Å². The standard InChI is InChI=1S/C24H22FNO5S/c1-3-10-31-21-15(8-5-9-17(21)30-2)16-12-18(27)26-20-19(13-6-4-7-14(25)11-13)23(24(28)29)32-22(16)20/h4-9,11,16H,3,10,12H2,1-2H3,(H,26,27)(H,28,29)/t16-/m0/s1. The molecule has 4 rings (SSSR count). The van der Waals surface area contributed by atoms with E-state index in [0.29, 0.717) is 39.8 Å². The number of hydrogen-bond donors (Lipinski definition) is 2. The molecule has 0 saturated carbocycles. The van der Waals surface area contributed by atoms with E-state index in [4.69, 9.17) is 9.47 Å². The zero-order chi connectivity index (χ0) is 22.8. The number of benzene rings is 2. The highest BCUT2D eigenvalue weighted by Crippen LogP contribution is 2.51. The van der Waals surface area contributed by atoms with Crippen molar-refractivity contribution in [2.75, 3.05) is 19.0 Å². The molecule has 0 aliphatic carbocycles. The van der Waals surface area contributed by atoms with E-state index >= 15 is 0 Å². The average molecular weight is 456 g/mol. The Morgan fingerprint density at radius 2 is 2.06 bits per heavy atom. The number of carbonyl (C=O) groups is 2. The maximum atomic E-state index is 13.9. The van der Waals surface area contributed by atoms with E-state index in [1.807, 2.05) is 19.1 Å². The summed E-state index contributed by atoms with van der Waals surface area (Å²) < 4.78 is 25.4. The molecule has 1 aliphatic heterocycles. The number of halogens is 1. The van der Waals surface area contributed by atoms with Gasteiger partial charge >= 0.3 is 5.97 Å². The number of aromatic carboxylic acids is 1. The maximum Gasteiger partial charge on any atom is 0.346 e. The number of carboxylic acids is 1. The fraction of sp³-hybridized carbons (Fsp3) is 0.250. The molecule has 0 unspecified atom stereocenters. The number of rotatable bonds is 7. The smallest absolute Gasteiger partial charge is 0.346 e. The van der Waals surface area contributed by atoms with E-state index in [9.17, 15) is 19.1 Å². The second kappa shape index (κ2) is 9.00. The molecule has 32 heavy (non-hydrogen) atoms. The number of nitrogens with one attached hydrogen (secondary N) is 1. The maximum absolute atomic E-state index is 13.9. The van der Waals surface area contributed by atoms with Crippen LogP contribution in [0.1, 0.15) is 45.8 Å². The van der Waals surface area contributed by atoms with E-state index in [-0.39, 0.29) is 17.2 Å². The van der Waals surface area contributed by atoms with Crippen molar-refractivity contribution in [2.45, 2.75) is 25.7 Å². The van der Waals surface area contributed by atoms with Gasteiger partial charge in [0, 0.05) is 28.3 Å².